The van der Waals surface area contributed by atoms with Crippen LogP contribution in [0.2, 0.25) is 0 Å². The van der Waals surface area contributed by atoms with Crippen LogP contribution >= 0.6 is 0 Å². The Morgan fingerprint density at radius 2 is 0.500 bits per heavy atom. The van der Waals surface area contributed by atoms with Gasteiger partial charge < -0.3 is 69.1 Å². The minimum atomic E-state index is -6.00. The van der Waals surface area contributed by atoms with Gasteiger partial charge in [0.05, 0.1) is 0 Å². The van der Waals surface area contributed by atoms with Crippen molar-refractivity contribution in [3.8, 4) is 0 Å². The van der Waals surface area contributed by atoms with Crippen molar-refractivity contribution >= 4 is 49.4 Å². The van der Waals surface area contributed by atoms with Gasteiger partial charge in [0.2, 0.25) is 0 Å². The fourth-order valence-electron chi connectivity index (χ4n) is 0.449. The molecule has 0 aromatic heterocycles. The first-order chi connectivity index (χ1) is 14.5. The molecule has 0 amide bonds. The third kappa shape index (κ3) is 1080. The molecule has 3 nitrogen and oxygen atoms in total. The van der Waals surface area contributed by atoms with Crippen LogP contribution in [0.5, 0.6) is 0 Å². The van der Waals surface area contributed by atoms with E-state index in [1.807, 2.05) is 42.5 Å². The van der Waals surface area contributed by atoms with Crippen molar-refractivity contribution in [3.63, 3.8) is 0 Å². The van der Waals surface area contributed by atoms with E-state index in [-0.39, 0.29) is 17.4 Å². The molecule has 24 heteroatoms. The summed E-state index contributed by atoms with van der Waals surface area (Å²) in [6.45, 7) is 13.5. The van der Waals surface area contributed by atoms with Gasteiger partial charge in [-0.2, -0.15) is 0 Å². The molecule has 0 aliphatic rings. The Labute approximate surface area is 193 Å². The molecular weight excluding hydrogens is 567 g/mol. The first kappa shape index (κ1) is 53.2. The van der Waals surface area contributed by atoms with Gasteiger partial charge in [0.25, 0.3) is 20.4 Å². The fraction of sp³-hybridized carbons (Fsp3) is 0. The Balaban J connectivity index is -0.0000000392. The molecule has 0 saturated heterocycles. The maximum atomic E-state index is 9.75. The molecule has 0 fully saturated rings. The zero-order chi connectivity index (χ0) is 28.9. The van der Waals surface area contributed by atoms with Gasteiger partial charge >= 0.3 is 46.4 Å². The second-order valence-electron chi connectivity index (χ2n) is 3.33. The molecule has 0 atom stereocenters. The first-order valence-corrected chi connectivity index (χ1v) is 6.44. The second-order valence-corrected chi connectivity index (χ2v) is 3.33. The molecule has 1 aromatic rings. The van der Waals surface area contributed by atoms with E-state index in [1.54, 1.807) is 0 Å². The first-order valence-electron chi connectivity index (χ1n) is 6.44. The molecule has 0 saturated carbocycles. The summed E-state index contributed by atoms with van der Waals surface area (Å²) < 4.78 is 156. The number of rotatable bonds is 0. The molecule has 0 aliphatic heterocycles. The Kier molecular flexibility index (Phi) is 51.6. The summed E-state index contributed by atoms with van der Waals surface area (Å²) in [5, 5.41) is 0. The van der Waals surface area contributed by atoms with E-state index in [0.29, 0.717) is 0 Å². The van der Waals surface area contributed by atoms with Gasteiger partial charge in [0, 0.05) is 42.5 Å². The molecule has 1 rings (SSSR count). The van der Waals surface area contributed by atoms with Gasteiger partial charge in [0.1, 0.15) is 0 Å². The molecule has 195 valence electrons. The van der Waals surface area contributed by atoms with Crippen LogP contribution in [0.1, 0.15) is 0 Å². The maximum Gasteiger partial charge on any atom is 3.00 e. The van der Waals surface area contributed by atoms with Crippen LogP contribution in [-0.4, -0.2) is 49.4 Å². The van der Waals surface area contributed by atoms with Crippen LogP contribution in [0.4, 0.5) is 69.1 Å². The molecule has 0 N–H and O–H groups in total. The van der Waals surface area contributed by atoms with Crippen molar-refractivity contribution in [1.29, 1.82) is 0 Å². The second kappa shape index (κ2) is 32.9. The Hall–Kier alpha value is -2.23. The number of halogens is 16. The summed E-state index contributed by atoms with van der Waals surface area (Å²) >= 11 is 0. The van der Waals surface area contributed by atoms with Gasteiger partial charge in [0.15, 0.2) is 0 Å². The monoisotopic (exact) mass is 575 g/mol. The summed E-state index contributed by atoms with van der Waals surface area (Å²) in [4.78, 5) is 22.5. The van der Waals surface area contributed by atoms with Crippen LogP contribution in [0.3, 0.4) is 0 Å². The Bertz CT molecular complexity index is 381. The van der Waals surface area contributed by atoms with Crippen molar-refractivity contribution in [3.05, 3.63) is 42.5 Å². The van der Waals surface area contributed by atoms with Gasteiger partial charge in [-0.05, 0) is 0 Å². The van der Waals surface area contributed by atoms with Crippen molar-refractivity contribution in [1.82, 2.24) is 0 Å². The summed E-state index contributed by atoms with van der Waals surface area (Å²) in [6, 6.07) is 14.0. The SMILES string of the molecule is F[B-](F)(F)F.F[B-](F)(F)F.F[B-](F)(F)F.F[B-](F)(F)F.[C]=O.[C]=O.[C]=O.[Cr+3].c1ccc[cH+]cc1. The zero-order valence-corrected chi connectivity index (χ0v) is 16.8. The summed E-state index contributed by atoms with van der Waals surface area (Å²) in [7, 11) is -24.0. The van der Waals surface area contributed by atoms with E-state index >= 15 is 0 Å². The third-order valence-corrected chi connectivity index (χ3v) is 0.778. The van der Waals surface area contributed by atoms with Gasteiger partial charge in [-0.15, -0.1) is 0 Å². The molecule has 1 aromatic carbocycles. The average molecular weight is 574 g/mol. The fourth-order valence-corrected chi connectivity index (χ4v) is 0.449. The normalized spacial score (nSPS) is 9.06. The van der Waals surface area contributed by atoms with Crippen LogP contribution in [0.25, 0.3) is 0 Å². The van der Waals surface area contributed by atoms with Crippen LogP contribution in [0.15, 0.2) is 42.5 Å². The van der Waals surface area contributed by atoms with Crippen LogP contribution in [-0.2, 0) is 31.7 Å². The number of hydrogen-bond donors (Lipinski definition) is 0. The molecule has 0 spiro atoms. The topological polar surface area (TPSA) is 51.2 Å². The van der Waals surface area contributed by atoms with Crippen molar-refractivity contribution < 1.29 is 101 Å². The molecule has 0 aliphatic carbocycles. The van der Waals surface area contributed by atoms with Gasteiger partial charge in [-0.25, -0.2) is 0 Å². The number of hydrogen-bond acceptors (Lipinski definition) is 3. The maximum absolute atomic E-state index is 9.75. The van der Waals surface area contributed by atoms with Crippen LogP contribution in [0, 0.1) is 0 Å². The van der Waals surface area contributed by atoms with Crippen molar-refractivity contribution in [2.45, 2.75) is 0 Å². The van der Waals surface area contributed by atoms with Crippen LogP contribution < -0.4 is 0 Å². The Morgan fingerprint density at radius 3 is 0.618 bits per heavy atom. The standard InChI is InChI=1S/C7H7.3CO.4BF4.Cr/c1-2-4-6-7-5-3-1;3*1-2;4*2-1(3,4)5;/h1-7H;;;;;;;;/q+1;;;;4*-1;+3. The van der Waals surface area contributed by atoms with E-state index in [2.05, 4.69) is 20.4 Å². The number of carbonyl (C=O) groups excluding carboxylic acids is 3. The summed E-state index contributed by atoms with van der Waals surface area (Å²) in [5.74, 6) is 0. The Morgan fingerprint density at radius 1 is 0.382 bits per heavy atom. The largest absolute Gasteiger partial charge is 3.00 e. The summed E-state index contributed by atoms with van der Waals surface area (Å²) in [5.41, 5.74) is 0. The minimum absolute atomic E-state index is 0. The van der Waals surface area contributed by atoms with Crippen molar-refractivity contribution in [2.75, 3.05) is 0 Å². The molecule has 34 heavy (non-hydrogen) atoms. The molecule has 0 unspecified atom stereocenters. The molecular formula is C10H7B4CrF16O3. The third-order valence-electron chi connectivity index (χ3n) is 0.778. The smallest absolute Gasteiger partial charge is 0.418 e. The van der Waals surface area contributed by atoms with Gasteiger partial charge in [-0.1, -0.05) is 0 Å². The predicted molar refractivity (Wildman–Crippen MR) is 88.7 cm³/mol. The van der Waals surface area contributed by atoms with E-state index in [9.17, 15) is 69.1 Å². The summed E-state index contributed by atoms with van der Waals surface area (Å²) in [6.07, 6.45) is 0. The van der Waals surface area contributed by atoms with E-state index < -0.39 is 29.0 Å². The van der Waals surface area contributed by atoms with E-state index in [0.717, 1.165) is 0 Å². The van der Waals surface area contributed by atoms with E-state index in [4.69, 9.17) is 14.4 Å². The minimum Gasteiger partial charge on any atom is -0.418 e. The van der Waals surface area contributed by atoms with Crippen molar-refractivity contribution in [2.24, 2.45) is 0 Å². The van der Waals surface area contributed by atoms with Gasteiger partial charge in [-0.3, -0.25) is 14.4 Å². The quantitative estimate of drug-likeness (QED) is 0.218. The molecule has 0 heterocycles. The molecule has 7 radical (unpaired) electrons. The van der Waals surface area contributed by atoms with E-state index in [1.165, 1.54) is 0 Å². The zero-order valence-electron chi connectivity index (χ0n) is 15.5. The molecule has 0 bridgehead atoms. The average Bonchev–Trinajstić information content (AvgIpc) is 2.87. The predicted octanol–water partition coefficient (Wildman–Crippen LogP) is 5.97.